The summed E-state index contributed by atoms with van der Waals surface area (Å²) in [6, 6.07) is 15.9. The molecule has 2 heterocycles. The van der Waals surface area contributed by atoms with Gasteiger partial charge in [0.1, 0.15) is 32.1 Å². The predicted octanol–water partition coefficient (Wildman–Crippen LogP) is 6.89. The second-order valence-corrected chi connectivity index (χ2v) is 11.5. The molecule has 3 aromatic rings. The zero-order valence-corrected chi connectivity index (χ0v) is 24.8. The second-order valence-electron chi connectivity index (χ2n) is 8.40. The number of thioether (sulfide) groups is 1. The van der Waals surface area contributed by atoms with E-state index in [0.717, 1.165) is 22.2 Å². The summed E-state index contributed by atoms with van der Waals surface area (Å²) in [7, 11) is 0. The number of nitrogens with zero attached hydrogens (tertiary/aromatic N) is 1. The van der Waals surface area contributed by atoms with Crippen LogP contribution in [0.4, 0.5) is 10.5 Å². The van der Waals surface area contributed by atoms with Gasteiger partial charge < -0.3 is 19.5 Å². The van der Waals surface area contributed by atoms with Crippen molar-refractivity contribution in [3.63, 3.8) is 0 Å². The quantitative estimate of drug-likeness (QED) is 0.269. The van der Waals surface area contributed by atoms with E-state index in [0.29, 0.717) is 62.3 Å². The number of carbonyl (C=O) groups is 3. The van der Waals surface area contributed by atoms with Crippen LogP contribution in [0.1, 0.15) is 11.1 Å². The van der Waals surface area contributed by atoms with Crippen molar-refractivity contribution in [1.29, 1.82) is 0 Å². The molecule has 200 valence electrons. The lowest BCUT2D eigenvalue weighted by molar-refractivity contribution is -0.127. The topological polar surface area (TPSA) is 94.2 Å². The first-order chi connectivity index (χ1) is 18.8. The monoisotopic (exact) mass is 692 g/mol. The Labute approximate surface area is 249 Å². The van der Waals surface area contributed by atoms with Gasteiger partial charge in [-0.15, -0.1) is 0 Å². The van der Waals surface area contributed by atoms with Crippen molar-refractivity contribution < 1.29 is 28.6 Å². The summed E-state index contributed by atoms with van der Waals surface area (Å²) in [6.45, 7) is 0.795. The molecule has 0 spiro atoms. The molecular weight excluding hydrogens is 676 g/mol. The molecule has 39 heavy (non-hydrogen) atoms. The molecule has 0 aromatic heterocycles. The number of imide groups is 1. The molecule has 2 aliphatic rings. The van der Waals surface area contributed by atoms with Gasteiger partial charge in [0.25, 0.3) is 11.1 Å². The summed E-state index contributed by atoms with van der Waals surface area (Å²) in [5.41, 5.74) is 2.09. The van der Waals surface area contributed by atoms with Gasteiger partial charge in [-0.05, 0) is 97.2 Å². The van der Waals surface area contributed by atoms with E-state index in [1.165, 1.54) is 0 Å². The number of carbonyl (C=O) groups excluding carboxylic acids is 3. The first-order valence-electron chi connectivity index (χ1n) is 11.6. The van der Waals surface area contributed by atoms with Crippen LogP contribution in [-0.2, 0) is 16.2 Å². The maximum absolute atomic E-state index is 13.0. The number of hydrogen-bond acceptors (Lipinski definition) is 7. The van der Waals surface area contributed by atoms with Gasteiger partial charge >= 0.3 is 0 Å². The summed E-state index contributed by atoms with van der Waals surface area (Å²) >= 11 is 13.7. The van der Waals surface area contributed by atoms with Gasteiger partial charge in [0.2, 0.25) is 5.91 Å². The van der Waals surface area contributed by atoms with Crippen molar-refractivity contribution in [2.75, 3.05) is 25.1 Å². The molecule has 0 unspecified atom stereocenters. The Bertz CT molecular complexity index is 1480. The fraction of sp³-hybridized carbons (Fsp3) is 0.148. The Balaban J connectivity index is 1.23. The van der Waals surface area contributed by atoms with Crippen molar-refractivity contribution >= 4 is 84.0 Å². The second kappa shape index (κ2) is 12.0. The van der Waals surface area contributed by atoms with Crippen molar-refractivity contribution in [1.82, 2.24) is 4.90 Å². The van der Waals surface area contributed by atoms with E-state index >= 15 is 0 Å². The molecule has 3 aromatic carbocycles. The number of ether oxygens (including phenoxy) is 3. The first kappa shape index (κ1) is 27.6. The zero-order chi connectivity index (χ0) is 27.5. The van der Waals surface area contributed by atoms with Crippen molar-refractivity contribution in [2.24, 2.45) is 0 Å². The fourth-order valence-corrected chi connectivity index (χ4v) is 6.20. The Morgan fingerprint density at radius 3 is 2.44 bits per heavy atom. The maximum Gasteiger partial charge on any atom is 0.294 e. The highest BCUT2D eigenvalue weighted by atomic mass is 79.9. The minimum absolute atomic E-state index is 0.209. The van der Waals surface area contributed by atoms with E-state index < -0.39 is 23.6 Å². The summed E-state index contributed by atoms with van der Waals surface area (Å²) in [5.74, 6) is 0.646. The van der Waals surface area contributed by atoms with Crippen LogP contribution in [0, 0.1) is 0 Å². The van der Waals surface area contributed by atoms with E-state index in [2.05, 4.69) is 37.2 Å². The molecule has 12 heteroatoms. The number of anilines is 1. The van der Waals surface area contributed by atoms with Gasteiger partial charge in [0, 0.05) is 16.8 Å². The smallest absolute Gasteiger partial charge is 0.294 e. The van der Waals surface area contributed by atoms with Crippen LogP contribution in [0.5, 0.6) is 17.2 Å². The largest absolute Gasteiger partial charge is 0.487 e. The van der Waals surface area contributed by atoms with E-state index in [-0.39, 0.29) is 4.91 Å². The Morgan fingerprint density at radius 2 is 1.72 bits per heavy atom. The fourth-order valence-electron chi connectivity index (χ4n) is 3.79. The molecule has 5 rings (SSSR count). The van der Waals surface area contributed by atoms with E-state index in [1.807, 2.05) is 12.1 Å². The third-order valence-electron chi connectivity index (χ3n) is 5.62. The number of benzene rings is 3. The number of rotatable bonds is 7. The highest BCUT2D eigenvalue weighted by Gasteiger charge is 2.36. The molecule has 1 N–H and O–H groups in total. The molecule has 8 nitrogen and oxygen atoms in total. The predicted molar refractivity (Wildman–Crippen MR) is 156 cm³/mol. The first-order valence-corrected chi connectivity index (χ1v) is 14.4. The number of fused-ring (bicyclic) bond motifs is 1. The van der Waals surface area contributed by atoms with Crippen LogP contribution in [0.25, 0.3) is 6.08 Å². The van der Waals surface area contributed by atoms with Gasteiger partial charge in [-0.1, -0.05) is 23.7 Å². The Hall–Kier alpha value is -2.99. The SMILES string of the molecule is O=C(CN1C(=O)S/C(=C/c2cc(Br)c(OCc3ccc(Cl)cc3)c(Br)c2)C1=O)Nc1ccc2c(c1)OCCO2. The summed E-state index contributed by atoms with van der Waals surface area (Å²) in [5, 5.41) is 2.82. The maximum atomic E-state index is 13.0. The molecule has 3 amide bonds. The van der Waals surface area contributed by atoms with Crippen LogP contribution in [0.3, 0.4) is 0 Å². The minimum atomic E-state index is -0.544. The third-order valence-corrected chi connectivity index (χ3v) is 7.95. The molecule has 0 radical (unpaired) electrons. The molecule has 1 saturated heterocycles. The van der Waals surface area contributed by atoms with Gasteiger partial charge in [-0.3, -0.25) is 19.3 Å². The highest BCUT2D eigenvalue weighted by Crippen LogP contribution is 2.38. The van der Waals surface area contributed by atoms with Crippen LogP contribution >= 0.6 is 55.2 Å². The van der Waals surface area contributed by atoms with Gasteiger partial charge in [-0.2, -0.15) is 0 Å². The normalized spacial score (nSPS) is 15.6. The third kappa shape index (κ3) is 6.60. The highest BCUT2D eigenvalue weighted by molar-refractivity contribution is 9.11. The summed E-state index contributed by atoms with van der Waals surface area (Å²) in [6.07, 6.45) is 1.60. The number of halogens is 3. The van der Waals surface area contributed by atoms with Gasteiger partial charge in [-0.25, -0.2) is 0 Å². The summed E-state index contributed by atoms with van der Waals surface area (Å²) < 4.78 is 18.3. The van der Waals surface area contributed by atoms with Crippen LogP contribution in [0.2, 0.25) is 5.02 Å². The molecule has 1 fully saturated rings. The Kier molecular flexibility index (Phi) is 8.51. The minimum Gasteiger partial charge on any atom is -0.487 e. The van der Waals surface area contributed by atoms with Crippen molar-refractivity contribution in [3.05, 3.63) is 84.6 Å². The van der Waals surface area contributed by atoms with Crippen molar-refractivity contribution in [2.45, 2.75) is 6.61 Å². The van der Waals surface area contributed by atoms with Gasteiger partial charge in [0.05, 0.1) is 13.9 Å². The lowest BCUT2D eigenvalue weighted by atomic mass is 10.2. The molecular formula is C27H19Br2ClN2O6S. The van der Waals surface area contributed by atoms with Gasteiger partial charge in [0.15, 0.2) is 11.5 Å². The lowest BCUT2D eigenvalue weighted by Crippen LogP contribution is -2.36. The van der Waals surface area contributed by atoms with E-state index in [1.54, 1.807) is 48.5 Å². The average molecular weight is 695 g/mol. The van der Waals surface area contributed by atoms with E-state index in [4.69, 9.17) is 25.8 Å². The molecule has 2 aliphatic heterocycles. The average Bonchev–Trinajstić information content (AvgIpc) is 3.16. The molecule has 0 bridgehead atoms. The standard InChI is InChI=1S/C27H19Br2ClN2O6S/c28-19-9-16(10-20(29)25(19)38-14-15-1-3-17(30)4-2-15)11-23-26(34)32(27(35)39-23)13-24(33)31-18-5-6-21-22(12-18)37-8-7-36-21/h1-6,9-12H,7-8,13-14H2,(H,31,33)/b23-11+. The molecule has 0 saturated carbocycles. The molecule has 0 aliphatic carbocycles. The zero-order valence-electron chi connectivity index (χ0n) is 20.0. The molecule has 0 atom stereocenters. The van der Waals surface area contributed by atoms with Crippen LogP contribution in [-0.4, -0.2) is 41.7 Å². The summed E-state index contributed by atoms with van der Waals surface area (Å²) in [4.78, 5) is 39.3. The van der Waals surface area contributed by atoms with Crippen LogP contribution < -0.4 is 19.5 Å². The van der Waals surface area contributed by atoms with Crippen LogP contribution in [0.15, 0.2) is 68.4 Å². The number of amides is 3. The Morgan fingerprint density at radius 1 is 1.03 bits per heavy atom. The number of nitrogens with one attached hydrogen (secondary N) is 1. The number of hydrogen-bond donors (Lipinski definition) is 1. The van der Waals surface area contributed by atoms with Crippen molar-refractivity contribution in [3.8, 4) is 17.2 Å². The lowest BCUT2D eigenvalue weighted by Gasteiger charge is -2.19. The van der Waals surface area contributed by atoms with E-state index in [9.17, 15) is 14.4 Å².